The number of para-hydroxylation sites is 1. The summed E-state index contributed by atoms with van der Waals surface area (Å²) in [4.78, 5) is 4.88. The Kier molecular flexibility index (Phi) is 2.67. The summed E-state index contributed by atoms with van der Waals surface area (Å²) in [6, 6.07) is 6.33. The number of benzene rings is 1. The lowest BCUT2D eigenvalue weighted by molar-refractivity contribution is 0.414. The molecule has 1 aromatic carbocycles. The summed E-state index contributed by atoms with van der Waals surface area (Å²) >= 11 is 0. The summed E-state index contributed by atoms with van der Waals surface area (Å²) in [6.45, 7) is 2.86. The molecule has 3 heteroatoms. The van der Waals surface area contributed by atoms with Gasteiger partial charge in [0, 0.05) is 19.0 Å². The minimum atomic E-state index is 0.111. The third-order valence-electron chi connectivity index (χ3n) is 4.52. The van der Waals surface area contributed by atoms with E-state index in [1.165, 1.54) is 42.6 Å². The third-order valence-corrected chi connectivity index (χ3v) is 4.52. The van der Waals surface area contributed by atoms with Crippen molar-refractivity contribution in [3.63, 3.8) is 0 Å². The Morgan fingerprint density at radius 3 is 2.67 bits per heavy atom. The molecule has 0 unspecified atom stereocenters. The van der Waals surface area contributed by atoms with Crippen LogP contribution in [0.1, 0.15) is 37.1 Å². The van der Waals surface area contributed by atoms with E-state index >= 15 is 0 Å². The molecular formula is C15H21N3. The quantitative estimate of drug-likeness (QED) is 0.881. The summed E-state index contributed by atoms with van der Waals surface area (Å²) < 4.78 is 2.27. The van der Waals surface area contributed by atoms with Crippen molar-refractivity contribution in [2.24, 2.45) is 12.8 Å². The Hall–Kier alpha value is -1.35. The second-order valence-electron chi connectivity index (χ2n) is 5.63. The molecule has 1 heterocycles. The summed E-state index contributed by atoms with van der Waals surface area (Å²) in [6.07, 6.45) is 4.91. The summed E-state index contributed by atoms with van der Waals surface area (Å²) in [5.74, 6) is 1.19. The first-order valence-electron chi connectivity index (χ1n) is 6.80. The van der Waals surface area contributed by atoms with Crippen molar-refractivity contribution in [2.45, 2.75) is 38.0 Å². The zero-order valence-electron chi connectivity index (χ0n) is 11.2. The lowest BCUT2D eigenvalue weighted by atomic mass is 9.85. The van der Waals surface area contributed by atoms with E-state index in [2.05, 4.69) is 36.7 Å². The molecule has 3 nitrogen and oxygen atoms in total. The van der Waals surface area contributed by atoms with Gasteiger partial charge < -0.3 is 10.3 Å². The highest BCUT2D eigenvalue weighted by Crippen LogP contribution is 2.40. The molecule has 1 aliphatic carbocycles. The number of nitrogens with two attached hydrogens (primary N) is 1. The monoisotopic (exact) mass is 243 g/mol. The Morgan fingerprint density at radius 2 is 2.06 bits per heavy atom. The Balaban J connectivity index is 2.24. The van der Waals surface area contributed by atoms with E-state index in [4.69, 9.17) is 10.7 Å². The minimum Gasteiger partial charge on any atom is -0.330 e. The van der Waals surface area contributed by atoms with Crippen molar-refractivity contribution in [1.29, 1.82) is 0 Å². The second-order valence-corrected chi connectivity index (χ2v) is 5.63. The van der Waals surface area contributed by atoms with Gasteiger partial charge in [-0.15, -0.1) is 0 Å². The number of nitrogens with zero attached hydrogens (tertiary/aromatic N) is 2. The highest BCUT2D eigenvalue weighted by atomic mass is 15.1. The fourth-order valence-corrected chi connectivity index (χ4v) is 3.51. The maximum absolute atomic E-state index is 6.08. The molecule has 0 spiro atoms. The summed E-state index contributed by atoms with van der Waals surface area (Å²) in [5.41, 5.74) is 9.84. The lowest BCUT2D eigenvalue weighted by Crippen LogP contribution is -2.34. The van der Waals surface area contributed by atoms with Crippen molar-refractivity contribution in [3.8, 4) is 0 Å². The standard InChI is InChI=1S/C15H21N3/c1-11-6-5-7-12-13(11)18(2)14(17-12)15(10-16)8-3-4-9-15/h5-7H,3-4,8-10,16H2,1-2H3. The van der Waals surface area contributed by atoms with Crippen LogP contribution in [0.2, 0.25) is 0 Å². The van der Waals surface area contributed by atoms with Gasteiger partial charge in [0.05, 0.1) is 11.0 Å². The molecule has 1 aromatic heterocycles. The predicted molar refractivity (Wildman–Crippen MR) is 74.7 cm³/mol. The van der Waals surface area contributed by atoms with Crippen LogP contribution in [0, 0.1) is 6.92 Å². The van der Waals surface area contributed by atoms with E-state index in [9.17, 15) is 0 Å². The maximum atomic E-state index is 6.08. The zero-order chi connectivity index (χ0) is 12.8. The van der Waals surface area contributed by atoms with E-state index < -0.39 is 0 Å². The highest BCUT2D eigenvalue weighted by molar-refractivity contribution is 5.79. The average Bonchev–Trinajstić information content (AvgIpc) is 2.96. The smallest absolute Gasteiger partial charge is 0.117 e. The van der Waals surface area contributed by atoms with Crippen LogP contribution >= 0.6 is 0 Å². The SMILES string of the molecule is Cc1cccc2nc(C3(CN)CCCC3)n(C)c12. The predicted octanol–water partition coefficient (Wildman–Crippen LogP) is 2.65. The molecule has 0 bridgehead atoms. The van der Waals surface area contributed by atoms with Gasteiger partial charge in [0.15, 0.2) is 0 Å². The molecule has 3 rings (SSSR count). The van der Waals surface area contributed by atoms with Crippen molar-refractivity contribution >= 4 is 11.0 Å². The molecule has 1 aliphatic rings. The van der Waals surface area contributed by atoms with Gasteiger partial charge in [-0.2, -0.15) is 0 Å². The number of aromatic nitrogens is 2. The summed E-state index contributed by atoms with van der Waals surface area (Å²) in [5, 5.41) is 0. The van der Waals surface area contributed by atoms with E-state index in [-0.39, 0.29) is 5.41 Å². The number of fused-ring (bicyclic) bond motifs is 1. The first-order valence-corrected chi connectivity index (χ1v) is 6.80. The largest absolute Gasteiger partial charge is 0.330 e. The lowest BCUT2D eigenvalue weighted by Gasteiger charge is -2.26. The molecule has 0 saturated heterocycles. The van der Waals surface area contributed by atoms with Crippen molar-refractivity contribution in [1.82, 2.24) is 9.55 Å². The van der Waals surface area contributed by atoms with Crippen LogP contribution in [0.15, 0.2) is 18.2 Å². The molecule has 2 aromatic rings. The molecule has 0 amide bonds. The Morgan fingerprint density at radius 1 is 1.33 bits per heavy atom. The van der Waals surface area contributed by atoms with Gasteiger partial charge in [0.1, 0.15) is 5.82 Å². The van der Waals surface area contributed by atoms with Crippen molar-refractivity contribution in [3.05, 3.63) is 29.6 Å². The molecule has 1 saturated carbocycles. The average molecular weight is 243 g/mol. The van der Waals surface area contributed by atoms with Crippen molar-refractivity contribution < 1.29 is 0 Å². The molecule has 18 heavy (non-hydrogen) atoms. The van der Waals surface area contributed by atoms with Crippen LogP contribution in [0.5, 0.6) is 0 Å². The van der Waals surface area contributed by atoms with E-state index in [1.54, 1.807) is 0 Å². The third kappa shape index (κ3) is 1.50. The minimum absolute atomic E-state index is 0.111. The van der Waals surface area contributed by atoms with Gasteiger partial charge in [-0.05, 0) is 31.4 Å². The van der Waals surface area contributed by atoms with Gasteiger partial charge >= 0.3 is 0 Å². The first kappa shape index (κ1) is 11.7. The number of aryl methyl sites for hydroxylation is 2. The molecule has 96 valence electrons. The van der Waals surface area contributed by atoms with Gasteiger partial charge in [0.2, 0.25) is 0 Å². The Bertz CT molecular complexity index is 577. The molecule has 0 aliphatic heterocycles. The van der Waals surface area contributed by atoms with E-state index in [0.717, 1.165) is 5.52 Å². The van der Waals surface area contributed by atoms with Gasteiger partial charge in [0.25, 0.3) is 0 Å². The van der Waals surface area contributed by atoms with Gasteiger partial charge in [-0.1, -0.05) is 25.0 Å². The number of rotatable bonds is 2. The number of hydrogen-bond donors (Lipinski definition) is 1. The fraction of sp³-hybridized carbons (Fsp3) is 0.533. The number of imidazole rings is 1. The molecule has 1 fully saturated rings. The van der Waals surface area contributed by atoms with Crippen LogP contribution in [0.3, 0.4) is 0 Å². The van der Waals surface area contributed by atoms with E-state index in [0.29, 0.717) is 6.54 Å². The second kappa shape index (κ2) is 4.09. The molecule has 0 radical (unpaired) electrons. The zero-order valence-corrected chi connectivity index (χ0v) is 11.2. The van der Waals surface area contributed by atoms with Crippen LogP contribution < -0.4 is 5.73 Å². The Labute approximate surface area is 108 Å². The topological polar surface area (TPSA) is 43.8 Å². The van der Waals surface area contributed by atoms with Crippen LogP contribution in [0.25, 0.3) is 11.0 Å². The van der Waals surface area contributed by atoms with Gasteiger partial charge in [-0.25, -0.2) is 4.98 Å². The van der Waals surface area contributed by atoms with Crippen LogP contribution in [-0.4, -0.2) is 16.1 Å². The maximum Gasteiger partial charge on any atom is 0.117 e. The van der Waals surface area contributed by atoms with E-state index in [1.807, 2.05) is 0 Å². The molecule has 2 N–H and O–H groups in total. The highest BCUT2D eigenvalue weighted by Gasteiger charge is 2.38. The fourth-order valence-electron chi connectivity index (χ4n) is 3.51. The summed E-state index contributed by atoms with van der Waals surface area (Å²) in [7, 11) is 2.13. The van der Waals surface area contributed by atoms with Crippen molar-refractivity contribution in [2.75, 3.05) is 6.54 Å². The molecular weight excluding hydrogens is 222 g/mol. The van der Waals surface area contributed by atoms with Crippen LogP contribution in [0.4, 0.5) is 0 Å². The number of hydrogen-bond acceptors (Lipinski definition) is 2. The van der Waals surface area contributed by atoms with Gasteiger partial charge in [-0.3, -0.25) is 0 Å². The molecule has 0 atom stereocenters. The first-order chi connectivity index (χ1) is 8.68. The normalized spacial score (nSPS) is 18.6. The van der Waals surface area contributed by atoms with Crippen LogP contribution in [-0.2, 0) is 12.5 Å².